The molecule has 0 atom stereocenters. The van der Waals surface area contributed by atoms with Crippen molar-refractivity contribution in [2.24, 2.45) is 0 Å². The Morgan fingerprint density at radius 2 is 2.12 bits per heavy atom. The third-order valence-corrected chi connectivity index (χ3v) is 2.73. The highest BCUT2D eigenvalue weighted by Gasteiger charge is 2.05. The van der Waals surface area contributed by atoms with Crippen molar-refractivity contribution in [1.82, 2.24) is 10.3 Å². The Hall–Kier alpha value is -1.68. The highest BCUT2D eigenvalue weighted by atomic mass is 79.9. The van der Waals surface area contributed by atoms with Crippen LogP contribution >= 0.6 is 15.9 Å². The summed E-state index contributed by atoms with van der Waals surface area (Å²) in [5.74, 6) is -0.162. The van der Waals surface area contributed by atoms with Gasteiger partial charge in [-0.2, -0.15) is 0 Å². The van der Waals surface area contributed by atoms with Crippen molar-refractivity contribution in [3.8, 4) is 0 Å². The highest BCUT2D eigenvalue weighted by molar-refractivity contribution is 9.10. The number of halogens is 1. The molecule has 0 unspecified atom stereocenters. The minimum atomic E-state index is -0.162. The van der Waals surface area contributed by atoms with E-state index in [2.05, 4.69) is 26.2 Å². The second-order valence-electron chi connectivity index (χ2n) is 3.53. The Morgan fingerprint density at radius 1 is 1.24 bits per heavy atom. The Bertz CT molecular complexity index is 514. The van der Waals surface area contributed by atoms with Gasteiger partial charge in [-0.05, 0) is 29.8 Å². The van der Waals surface area contributed by atoms with Crippen molar-refractivity contribution in [2.45, 2.75) is 6.54 Å². The third kappa shape index (κ3) is 3.39. The lowest BCUT2D eigenvalue weighted by Crippen LogP contribution is -2.23. The zero-order chi connectivity index (χ0) is 12.1. The van der Waals surface area contributed by atoms with Crippen LogP contribution in [0.25, 0.3) is 0 Å². The van der Waals surface area contributed by atoms with Gasteiger partial charge in [-0.25, -0.2) is 0 Å². The molecular formula is C13H11BrN2O. The van der Waals surface area contributed by atoms with Crippen LogP contribution in [0.3, 0.4) is 0 Å². The fourth-order valence-electron chi connectivity index (χ4n) is 1.42. The monoisotopic (exact) mass is 290 g/mol. The largest absolute Gasteiger partial charge is 0.347 e. The van der Waals surface area contributed by atoms with Gasteiger partial charge < -0.3 is 5.32 Å². The first-order valence-electron chi connectivity index (χ1n) is 5.19. The van der Waals surface area contributed by atoms with E-state index in [0.717, 1.165) is 10.0 Å². The minimum Gasteiger partial charge on any atom is -0.347 e. The molecule has 2 aromatic rings. The lowest BCUT2D eigenvalue weighted by Gasteiger charge is -2.04. The van der Waals surface area contributed by atoms with Crippen molar-refractivity contribution in [3.63, 3.8) is 0 Å². The number of amides is 1. The molecule has 0 fully saturated rings. The number of carbonyl (C=O) groups excluding carboxylic acids is 1. The fraction of sp³-hybridized carbons (Fsp3) is 0.0769. The molecule has 1 amide bonds. The molecule has 0 aliphatic carbocycles. The zero-order valence-electron chi connectivity index (χ0n) is 9.06. The number of hydrogen-bond donors (Lipinski definition) is 1. The second kappa shape index (κ2) is 5.59. The molecule has 0 aliphatic heterocycles. The first-order chi connectivity index (χ1) is 8.25. The molecule has 1 heterocycles. The van der Waals surface area contributed by atoms with E-state index in [1.54, 1.807) is 24.4 Å². The van der Waals surface area contributed by atoms with Gasteiger partial charge in [-0.1, -0.05) is 34.1 Å². The van der Waals surface area contributed by atoms with Crippen molar-refractivity contribution in [3.05, 3.63) is 64.4 Å². The predicted octanol–water partition coefficient (Wildman–Crippen LogP) is 2.77. The molecule has 1 N–H and O–H groups in total. The molecule has 0 aliphatic rings. The van der Waals surface area contributed by atoms with Gasteiger partial charge in [0.25, 0.3) is 5.91 Å². The molecule has 17 heavy (non-hydrogen) atoms. The summed E-state index contributed by atoms with van der Waals surface area (Å²) in [6.45, 7) is 0.495. The number of hydrogen-bond acceptors (Lipinski definition) is 2. The quantitative estimate of drug-likeness (QED) is 0.944. The van der Waals surface area contributed by atoms with Crippen LogP contribution in [-0.2, 0) is 6.54 Å². The number of aromatic nitrogens is 1. The smallest absolute Gasteiger partial charge is 0.270 e. The standard InChI is InChI=1S/C13H11BrN2O/c14-11-5-3-4-10(8-11)9-16-13(17)12-6-1-2-7-15-12/h1-8H,9H2,(H,16,17). The number of benzene rings is 1. The summed E-state index contributed by atoms with van der Waals surface area (Å²) in [6, 6.07) is 13.1. The van der Waals surface area contributed by atoms with Crippen LogP contribution in [0.4, 0.5) is 0 Å². The van der Waals surface area contributed by atoms with Crippen LogP contribution in [0.15, 0.2) is 53.1 Å². The molecular weight excluding hydrogens is 280 g/mol. The SMILES string of the molecule is O=C(NCc1cccc(Br)c1)c1ccccn1. The molecule has 0 radical (unpaired) electrons. The molecule has 0 spiro atoms. The summed E-state index contributed by atoms with van der Waals surface area (Å²) in [5.41, 5.74) is 1.48. The number of pyridine rings is 1. The van der Waals surface area contributed by atoms with Crippen LogP contribution in [0, 0.1) is 0 Å². The highest BCUT2D eigenvalue weighted by Crippen LogP contribution is 2.11. The van der Waals surface area contributed by atoms with Gasteiger partial charge in [0.1, 0.15) is 5.69 Å². The maximum atomic E-state index is 11.7. The van der Waals surface area contributed by atoms with Gasteiger partial charge >= 0.3 is 0 Å². The van der Waals surface area contributed by atoms with Crippen molar-refractivity contribution in [1.29, 1.82) is 0 Å². The van der Waals surface area contributed by atoms with Gasteiger partial charge in [0.2, 0.25) is 0 Å². The van der Waals surface area contributed by atoms with E-state index in [4.69, 9.17) is 0 Å². The van der Waals surface area contributed by atoms with E-state index in [-0.39, 0.29) is 5.91 Å². The summed E-state index contributed by atoms with van der Waals surface area (Å²) in [6.07, 6.45) is 1.61. The molecule has 3 nitrogen and oxygen atoms in total. The van der Waals surface area contributed by atoms with Crippen LogP contribution < -0.4 is 5.32 Å². The number of nitrogens with one attached hydrogen (secondary N) is 1. The van der Waals surface area contributed by atoms with Gasteiger partial charge in [0.15, 0.2) is 0 Å². The van der Waals surface area contributed by atoms with Crippen molar-refractivity contribution < 1.29 is 4.79 Å². The van der Waals surface area contributed by atoms with Gasteiger partial charge in [-0.15, -0.1) is 0 Å². The van der Waals surface area contributed by atoms with Crippen LogP contribution in [0.5, 0.6) is 0 Å². The molecule has 2 rings (SSSR count). The second-order valence-corrected chi connectivity index (χ2v) is 4.44. The topological polar surface area (TPSA) is 42.0 Å². The molecule has 0 saturated carbocycles. The third-order valence-electron chi connectivity index (χ3n) is 2.24. The lowest BCUT2D eigenvalue weighted by molar-refractivity contribution is 0.0946. The number of rotatable bonds is 3. The summed E-state index contributed by atoms with van der Waals surface area (Å²) in [4.78, 5) is 15.7. The first kappa shape index (κ1) is 11.8. The summed E-state index contributed by atoms with van der Waals surface area (Å²) in [5, 5.41) is 2.82. The Morgan fingerprint density at radius 3 is 2.82 bits per heavy atom. The van der Waals surface area contributed by atoms with Crippen LogP contribution in [0.1, 0.15) is 16.1 Å². The average molecular weight is 291 g/mol. The molecule has 4 heteroatoms. The van der Waals surface area contributed by atoms with Gasteiger partial charge in [-0.3, -0.25) is 9.78 Å². The molecule has 0 saturated heterocycles. The van der Waals surface area contributed by atoms with Crippen LogP contribution in [0.2, 0.25) is 0 Å². The fourth-order valence-corrected chi connectivity index (χ4v) is 1.86. The van der Waals surface area contributed by atoms with E-state index in [0.29, 0.717) is 12.2 Å². The molecule has 1 aromatic heterocycles. The first-order valence-corrected chi connectivity index (χ1v) is 5.99. The zero-order valence-corrected chi connectivity index (χ0v) is 10.6. The minimum absolute atomic E-state index is 0.162. The van der Waals surface area contributed by atoms with E-state index in [1.165, 1.54) is 0 Å². The molecule has 86 valence electrons. The van der Waals surface area contributed by atoms with Crippen molar-refractivity contribution >= 4 is 21.8 Å². The van der Waals surface area contributed by atoms with Gasteiger partial charge in [0.05, 0.1) is 0 Å². The summed E-state index contributed by atoms with van der Waals surface area (Å²) in [7, 11) is 0. The Kier molecular flexibility index (Phi) is 3.88. The van der Waals surface area contributed by atoms with Crippen molar-refractivity contribution in [2.75, 3.05) is 0 Å². The normalized spacial score (nSPS) is 9.94. The number of carbonyl (C=O) groups is 1. The summed E-state index contributed by atoms with van der Waals surface area (Å²) < 4.78 is 1.00. The Balaban J connectivity index is 1.97. The van der Waals surface area contributed by atoms with E-state index in [1.807, 2.05) is 24.3 Å². The van der Waals surface area contributed by atoms with Crippen LogP contribution in [-0.4, -0.2) is 10.9 Å². The van der Waals surface area contributed by atoms with E-state index < -0.39 is 0 Å². The average Bonchev–Trinajstić information content (AvgIpc) is 2.37. The lowest BCUT2D eigenvalue weighted by atomic mass is 10.2. The summed E-state index contributed by atoms with van der Waals surface area (Å²) >= 11 is 3.39. The Labute approximate surface area is 108 Å². The van der Waals surface area contributed by atoms with Gasteiger partial charge in [0, 0.05) is 17.2 Å². The number of nitrogens with zero attached hydrogens (tertiary/aromatic N) is 1. The predicted molar refractivity (Wildman–Crippen MR) is 69.5 cm³/mol. The van der Waals surface area contributed by atoms with E-state index in [9.17, 15) is 4.79 Å². The van der Waals surface area contributed by atoms with E-state index >= 15 is 0 Å². The maximum Gasteiger partial charge on any atom is 0.270 e. The molecule has 1 aromatic carbocycles. The molecule has 0 bridgehead atoms. The maximum absolute atomic E-state index is 11.7.